The van der Waals surface area contributed by atoms with Crippen molar-refractivity contribution in [3.05, 3.63) is 23.8 Å². The van der Waals surface area contributed by atoms with Crippen LogP contribution in [0.2, 0.25) is 0 Å². The number of hydrogen-bond donors (Lipinski definition) is 2. The molecule has 0 spiro atoms. The molecule has 0 aliphatic heterocycles. The topological polar surface area (TPSA) is 110 Å². The molecule has 134 valence electrons. The SMILES string of the molecule is Cc1ccc2c(c1)c1nnc(SCC(=O)NC3CC3)nc1n2CC(=O)O. The Bertz CT molecular complexity index is 1030. The molecule has 1 fully saturated rings. The Hall–Kier alpha value is -2.68. The van der Waals surface area contributed by atoms with Crippen LogP contribution < -0.4 is 5.32 Å². The zero-order chi connectivity index (χ0) is 18.3. The van der Waals surface area contributed by atoms with E-state index >= 15 is 0 Å². The largest absolute Gasteiger partial charge is 0.480 e. The highest BCUT2D eigenvalue weighted by atomic mass is 32.2. The fourth-order valence-electron chi connectivity index (χ4n) is 2.84. The second-order valence-electron chi connectivity index (χ2n) is 6.40. The van der Waals surface area contributed by atoms with Crippen LogP contribution in [-0.2, 0) is 16.1 Å². The van der Waals surface area contributed by atoms with Crippen LogP contribution in [0.4, 0.5) is 0 Å². The van der Waals surface area contributed by atoms with Crippen LogP contribution in [0.5, 0.6) is 0 Å². The average Bonchev–Trinajstić information content (AvgIpc) is 3.37. The summed E-state index contributed by atoms with van der Waals surface area (Å²) in [6.07, 6.45) is 2.07. The van der Waals surface area contributed by atoms with Crippen LogP contribution in [0.25, 0.3) is 22.1 Å². The fraction of sp³-hybridized carbons (Fsp3) is 0.353. The number of aliphatic carboxylic acids is 1. The van der Waals surface area contributed by atoms with Gasteiger partial charge in [0.1, 0.15) is 12.1 Å². The molecule has 1 saturated carbocycles. The van der Waals surface area contributed by atoms with E-state index in [0.717, 1.165) is 29.3 Å². The molecule has 1 aliphatic carbocycles. The molecule has 1 aromatic carbocycles. The van der Waals surface area contributed by atoms with Gasteiger partial charge >= 0.3 is 5.97 Å². The van der Waals surface area contributed by atoms with Crippen molar-refractivity contribution in [2.75, 3.05) is 5.75 Å². The Kier molecular flexibility index (Phi) is 4.23. The molecule has 26 heavy (non-hydrogen) atoms. The summed E-state index contributed by atoms with van der Waals surface area (Å²) in [5.74, 6) is -0.800. The first-order valence-electron chi connectivity index (χ1n) is 8.28. The van der Waals surface area contributed by atoms with Gasteiger partial charge in [-0.05, 0) is 31.9 Å². The van der Waals surface area contributed by atoms with E-state index in [0.29, 0.717) is 22.4 Å². The molecule has 2 heterocycles. The molecule has 0 atom stereocenters. The van der Waals surface area contributed by atoms with Crippen molar-refractivity contribution >= 4 is 45.7 Å². The van der Waals surface area contributed by atoms with Crippen molar-refractivity contribution in [3.8, 4) is 0 Å². The lowest BCUT2D eigenvalue weighted by molar-refractivity contribution is -0.137. The molecule has 1 amide bonds. The van der Waals surface area contributed by atoms with Crippen molar-refractivity contribution < 1.29 is 14.7 Å². The van der Waals surface area contributed by atoms with Crippen molar-refractivity contribution in [2.24, 2.45) is 0 Å². The van der Waals surface area contributed by atoms with Gasteiger partial charge < -0.3 is 15.0 Å². The number of amides is 1. The van der Waals surface area contributed by atoms with Gasteiger partial charge in [-0.1, -0.05) is 23.4 Å². The lowest BCUT2D eigenvalue weighted by Gasteiger charge is -2.04. The number of aryl methyl sites for hydroxylation is 1. The molecule has 1 aliphatic rings. The summed E-state index contributed by atoms with van der Waals surface area (Å²) in [6, 6.07) is 6.05. The average molecular weight is 371 g/mol. The van der Waals surface area contributed by atoms with E-state index < -0.39 is 5.97 Å². The van der Waals surface area contributed by atoms with Gasteiger partial charge in [0.15, 0.2) is 5.65 Å². The number of carboxylic acid groups (broad SMARTS) is 1. The first-order chi connectivity index (χ1) is 12.5. The molecule has 0 radical (unpaired) electrons. The first-order valence-corrected chi connectivity index (χ1v) is 9.27. The number of hydrogen-bond acceptors (Lipinski definition) is 6. The highest BCUT2D eigenvalue weighted by Crippen LogP contribution is 2.28. The molecular formula is C17H17N5O3S. The van der Waals surface area contributed by atoms with E-state index in [-0.39, 0.29) is 18.2 Å². The maximum absolute atomic E-state index is 11.8. The Morgan fingerprint density at radius 3 is 2.88 bits per heavy atom. The minimum Gasteiger partial charge on any atom is -0.480 e. The number of thioether (sulfide) groups is 1. The number of nitrogens with zero attached hydrogens (tertiary/aromatic N) is 4. The monoisotopic (exact) mass is 371 g/mol. The standard InChI is InChI=1S/C17H17N5O3S/c1-9-2-5-12-11(6-9)15-16(22(12)7-14(24)25)19-17(21-20-15)26-8-13(23)18-10-3-4-10/h2,5-6,10H,3-4,7-8H2,1H3,(H,18,23)(H,24,25). The normalized spacial score (nSPS) is 14.0. The predicted octanol–water partition coefficient (Wildman–Crippen LogP) is 1.74. The number of aromatic nitrogens is 4. The summed E-state index contributed by atoms with van der Waals surface area (Å²) >= 11 is 1.20. The predicted molar refractivity (Wildman–Crippen MR) is 97.1 cm³/mol. The van der Waals surface area contributed by atoms with Crippen LogP contribution in [0.15, 0.2) is 23.4 Å². The van der Waals surface area contributed by atoms with Crippen LogP contribution >= 0.6 is 11.8 Å². The minimum atomic E-state index is -0.957. The van der Waals surface area contributed by atoms with Crippen molar-refractivity contribution in [2.45, 2.75) is 37.5 Å². The molecule has 4 rings (SSSR count). The molecule has 0 bridgehead atoms. The Morgan fingerprint density at radius 2 is 2.15 bits per heavy atom. The molecule has 8 nitrogen and oxygen atoms in total. The second kappa shape index (κ2) is 6.56. The molecule has 0 saturated heterocycles. The Labute approximate surface area is 153 Å². The highest BCUT2D eigenvalue weighted by molar-refractivity contribution is 7.99. The van der Waals surface area contributed by atoms with Gasteiger partial charge in [-0.2, -0.15) is 0 Å². The van der Waals surface area contributed by atoms with Crippen LogP contribution in [-0.4, -0.2) is 48.5 Å². The van der Waals surface area contributed by atoms with Crippen molar-refractivity contribution in [3.63, 3.8) is 0 Å². The number of carboxylic acids is 1. The van der Waals surface area contributed by atoms with Gasteiger partial charge in [-0.3, -0.25) is 9.59 Å². The minimum absolute atomic E-state index is 0.0529. The molecule has 2 N–H and O–H groups in total. The van der Waals surface area contributed by atoms with Crippen molar-refractivity contribution in [1.82, 2.24) is 25.1 Å². The van der Waals surface area contributed by atoms with E-state index in [1.165, 1.54) is 11.8 Å². The van der Waals surface area contributed by atoms with Gasteiger partial charge in [-0.15, -0.1) is 10.2 Å². The molecular weight excluding hydrogens is 354 g/mol. The summed E-state index contributed by atoms with van der Waals surface area (Å²) in [7, 11) is 0. The number of carbonyl (C=O) groups excluding carboxylic acids is 1. The number of nitrogens with one attached hydrogen (secondary N) is 1. The van der Waals surface area contributed by atoms with Crippen LogP contribution in [0.3, 0.4) is 0 Å². The zero-order valence-corrected chi connectivity index (χ0v) is 14.9. The van der Waals surface area contributed by atoms with Gasteiger partial charge in [-0.25, -0.2) is 4.98 Å². The lowest BCUT2D eigenvalue weighted by Crippen LogP contribution is -2.27. The van der Waals surface area contributed by atoms with Gasteiger partial charge in [0.05, 0.1) is 11.3 Å². The van der Waals surface area contributed by atoms with Gasteiger partial charge in [0, 0.05) is 11.4 Å². The summed E-state index contributed by atoms with van der Waals surface area (Å²) in [4.78, 5) is 27.6. The lowest BCUT2D eigenvalue weighted by atomic mass is 10.2. The quantitative estimate of drug-likeness (QED) is 0.635. The number of fused-ring (bicyclic) bond motifs is 3. The van der Waals surface area contributed by atoms with Crippen LogP contribution in [0, 0.1) is 6.92 Å². The van der Waals surface area contributed by atoms with E-state index in [1.54, 1.807) is 4.57 Å². The van der Waals surface area contributed by atoms with E-state index in [1.807, 2.05) is 25.1 Å². The number of carbonyl (C=O) groups is 2. The van der Waals surface area contributed by atoms with E-state index in [2.05, 4.69) is 20.5 Å². The third-order valence-corrected chi connectivity index (χ3v) is 5.01. The maximum Gasteiger partial charge on any atom is 0.323 e. The molecule has 0 unspecified atom stereocenters. The fourth-order valence-corrected chi connectivity index (χ4v) is 3.43. The molecule has 3 aromatic rings. The molecule has 2 aromatic heterocycles. The number of benzene rings is 1. The summed E-state index contributed by atoms with van der Waals surface area (Å²) in [5.41, 5.74) is 2.83. The highest BCUT2D eigenvalue weighted by Gasteiger charge is 2.23. The van der Waals surface area contributed by atoms with E-state index in [4.69, 9.17) is 0 Å². The Balaban J connectivity index is 1.69. The van der Waals surface area contributed by atoms with Gasteiger partial charge in [0.25, 0.3) is 0 Å². The zero-order valence-electron chi connectivity index (χ0n) is 14.1. The smallest absolute Gasteiger partial charge is 0.323 e. The Morgan fingerprint density at radius 1 is 1.35 bits per heavy atom. The second-order valence-corrected chi connectivity index (χ2v) is 7.34. The maximum atomic E-state index is 11.8. The summed E-state index contributed by atoms with van der Waals surface area (Å²) < 4.78 is 1.62. The third kappa shape index (κ3) is 3.34. The number of rotatable bonds is 6. The summed E-state index contributed by atoms with van der Waals surface area (Å²) in [5, 5.41) is 21.7. The van der Waals surface area contributed by atoms with Gasteiger partial charge in [0.2, 0.25) is 11.1 Å². The molecule has 9 heteroatoms. The third-order valence-electron chi connectivity index (χ3n) is 4.17. The first kappa shape index (κ1) is 16.8. The van der Waals surface area contributed by atoms with Crippen molar-refractivity contribution in [1.29, 1.82) is 0 Å². The van der Waals surface area contributed by atoms with Crippen LogP contribution in [0.1, 0.15) is 18.4 Å². The van der Waals surface area contributed by atoms with E-state index in [9.17, 15) is 14.7 Å². The summed E-state index contributed by atoms with van der Waals surface area (Å²) in [6.45, 7) is 1.75.